The highest BCUT2D eigenvalue weighted by Crippen LogP contribution is 2.46. The first-order valence-corrected chi connectivity index (χ1v) is 14.4. The minimum absolute atomic E-state index is 0.0528. The predicted molar refractivity (Wildman–Crippen MR) is 160 cm³/mol. The number of carbonyl (C=O) groups is 2. The second-order valence-electron chi connectivity index (χ2n) is 12.1. The van der Waals surface area contributed by atoms with Crippen molar-refractivity contribution in [3.8, 4) is 22.3 Å². The van der Waals surface area contributed by atoms with Crippen LogP contribution in [0, 0.1) is 5.92 Å². The predicted octanol–water partition coefficient (Wildman–Crippen LogP) is 5.70. The van der Waals surface area contributed by atoms with E-state index in [9.17, 15) is 14.7 Å². The van der Waals surface area contributed by atoms with Gasteiger partial charge in [-0.15, -0.1) is 0 Å². The Morgan fingerprint density at radius 2 is 1.66 bits per heavy atom. The van der Waals surface area contributed by atoms with Crippen molar-refractivity contribution in [2.45, 2.75) is 69.1 Å². The van der Waals surface area contributed by atoms with Crippen LogP contribution in [0.1, 0.15) is 57.4 Å². The fourth-order valence-electron chi connectivity index (χ4n) is 6.59. The molecule has 41 heavy (non-hydrogen) atoms. The zero-order chi connectivity index (χ0) is 29.2. The molecule has 0 bridgehead atoms. The molecule has 0 atom stereocenters. The van der Waals surface area contributed by atoms with Gasteiger partial charge < -0.3 is 25.8 Å². The summed E-state index contributed by atoms with van der Waals surface area (Å²) in [6, 6.07) is 20.3. The van der Waals surface area contributed by atoms with Gasteiger partial charge in [-0.2, -0.15) is 0 Å². The number of amides is 2. The lowest BCUT2D eigenvalue weighted by atomic mass is 9.63. The number of methoxy groups -OCH3 is 1. The maximum absolute atomic E-state index is 13.0. The van der Waals surface area contributed by atoms with Gasteiger partial charge in [0.15, 0.2) is 0 Å². The molecule has 8 heteroatoms. The maximum atomic E-state index is 13.0. The Kier molecular flexibility index (Phi) is 8.16. The maximum Gasteiger partial charge on any atom is 0.409 e. The number of hydrogen-bond donors (Lipinski definition) is 3. The van der Waals surface area contributed by atoms with Crippen LogP contribution >= 0.6 is 0 Å². The molecule has 0 spiro atoms. The zero-order valence-corrected chi connectivity index (χ0v) is 24.1. The number of hydrogen-bond acceptors (Lipinski definition) is 6. The zero-order valence-electron chi connectivity index (χ0n) is 24.1. The van der Waals surface area contributed by atoms with Crippen LogP contribution in [0.25, 0.3) is 22.3 Å². The molecular formula is C33H40N4O4. The monoisotopic (exact) mass is 556 g/mol. The summed E-state index contributed by atoms with van der Waals surface area (Å²) in [4.78, 5) is 31.1. The molecule has 0 unspecified atom stereocenters. The molecule has 2 amide bonds. The molecule has 2 aliphatic rings. The van der Waals surface area contributed by atoms with E-state index in [1.807, 2.05) is 73.8 Å². The lowest BCUT2D eigenvalue weighted by molar-refractivity contribution is -0.117. The summed E-state index contributed by atoms with van der Waals surface area (Å²) in [6.07, 6.45) is 6.49. The van der Waals surface area contributed by atoms with Crippen LogP contribution in [0.15, 0.2) is 66.9 Å². The number of aliphatic hydroxyl groups is 1. The standard InChI is InChI=1S/C33H40N4O4/c1-32(40)20-33(34,21-32)25-13-11-24(12-14-25)28-19-35-29(18-27(28)23-7-5-4-6-8-23)36-30(38)17-22-9-15-26(16-10-22)37(2)31(39)41-3/h4-8,11-14,18-19,22,26,40H,9-10,15-17,20-21,34H2,1-3H3,(H,35,36,38)/t22?,26?,32-,33-. The van der Waals surface area contributed by atoms with E-state index >= 15 is 0 Å². The fraction of sp³-hybridized carbons (Fsp3) is 0.424. The van der Waals surface area contributed by atoms with Crippen molar-refractivity contribution in [1.82, 2.24) is 9.88 Å². The third-order valence-electron chi connectivity index (χ3n) is 8.72. The largest absolute Gasteiger partial charge is 0.453 e. The van der Waals surface area contributed by atoms with Gasteiger partial charge in [0.2, 0.25) is 5.91 Å². The molecule has 0 aliphatic heterocycles. The molecule has 2 aromatic carbocycles. The van der Waals surface area contributed by atoms with E-state index in [0.717, 1.165) is 53.5 Å². The molecule has 5 rings (SSSR count). The average Bonchev–Trinajstić information content (AvgIpc) is 2.96. The number of nitrogens with zero attached hydrogens (tertiary/aromatic N) is 2. The Morgan fingerprint density at radius 1 is 1.02 bits per heavy atom. The van der Waals surface area contributed by atoms with Crippen LogP contribution < -0.4 is 11.1 Å². The van der Waals surface area contributed by atoms with E-state index in [-0.39, 0.29) is 24.0 Å². The van der Waals surface area contributed by atoms with Crippen LogP contribution in [0.2, 0.25) is 0 Å². The molecule has 3 aromatic rings. The minimum Gasteiger partial charge on any atom is -0.453 e. The van der Waals surface area contributed by atoms with Crippen molar-refractivity contribution in [3.05, 3.63) is 72.4 Å². The van der Waals surface area contributed by atoms with Gasteiger partial charge in [-0.3, -0.25) is 4.79 Å². The van der Waals surface area contributed by atoms with Crippen LogP contribution in [0.4, 0.5) is 10.6 Å². The summed E-state index contributed by atoms with van der Waals surface area (Å²) in [7, 11) is 3.17. The highest BCUT2D eigenvalue weighted by Gasteiger charge is 2.49. The number of nitrogens with two attached hydrogens (primary N) is 1. The summed E-state index contributed by atoms with van der Waals surface area (Å²) in [5.41, 5.74) is 10.3. The number of benzene rings is 2. The number of rotatable bonds is 7. The lowest BCUT2D eigenvalue weighted by Gasteiger charge is -2.49. The van der Waals surface area contributed by atoms with Gasteiger partial charge in [0.1, 0.15) is 5.82 Å². The number of nitrogens with one attached hydrogen (secondary N) is 1. The van der Waals surface area contributed by atoms with E-state index in [2.05, 4.69) is 10.3 Å². The first kappa shape index (κ1) is 28.8. The third-order valence-corrected chi connectivity index (χ3v) is 8.72. The number of ether oxygens (including phenoxy) is 1. The summed E-state index contributed by atoms with van der Waals surface area (Å²) in [5, 5.41) is 13.2. The number of aromatic nitrogens is 1. The van der Waals surface area contributed by atoms with Crippen molar-refractivity contribution in [2.24, 2.45) is 11.7 Å². The van der Waals surface area contributed by atoms with E-state index in [1.54, 1.807) is 11.9 Å². The highest BCUT2D eigenvalue weighted by molar-refractivity contribution is 5.92. The van der Waals surface area contributed by atoms with Crippen LogP contribution in [-0.4, -0.2) is 52.8 Å². The number of anilines is 1. The Morgan fingerprint density at radius 3 is 2.27 bits per heavy atom. The molecule has 4 N–H and O–H groups in total. The Hall–Kier alpha value is -3.75. The summed E-state index contributed by atoms with van der Waals surface area (Å²) < 4.78 is 4.84. The van der Waals surface area contributed by atoms with Crippen molar-refractivity contribution in [1.29, 1.82) is 0 Å². The quantitative estimate of drug-likeness (QED) is 0.344. The SMILES string of the molecule is COC(=O)N(C)C1CCC(CC(=O)Nc2cc(-c3ccccc3)c(-c3ccc([C@]4(N)C[C@](C)(O)C4)cc3)cn2)CC1. The minimum atomic E-state index is -0.710. The summed E-state index contributed by atoms with van der Waals surface area (Å²) in [5.74, 6) is 0.739. The molecule has 1 heterocycles. The van der Waals surface area contributed by atoms with Gasteiger partial charge >= 0.3 is 6.09 Å². The highest BCUT2D eigenvalue weighted by atomic mass is 16.5. The first-order chi connectivity index (χ1) is 19.6. The second kappa shape index (κ2) is 11.6. The smallest absolute Gasteiger partial charge is 0.409 e. The van der Waals surface area contributed by atoms with Gasteiger partial charge in [-0.1, -0.05) is 54.6 Å². The number of carbonyl (C=O) groups excluding carboxylic acids is 2. The Balaban J connectivity index is 1.29. The summed E-state index contributed by atoms with van der Waals surface area (Å²) in [6.45, 7) is 1.82. The summed E-state index contributed by atoms with van der Waals surface area (Å²) >= 11 is 0. The second-order valence-corrected chi connectivity index (χ2v) is 12.1. The Labute approximate surface area is 241 Å². The van der Waals surface area contributed by atoms with Crippen LogP contribution in [0.3, 0.4) is 0 Å². The van der Waals surface area contributed by atoms with Crippen molar-refractivity contribution in [3.63, 3.8) is 0 Å². The van der Waals surface area contributed by atoms with E-state index in [4.69, 9.17) is 10.5 Å². The van der Waals surface area contributed by atoms with Crippen molar-refractivity contribution < 1.29 is 19.4 Å². The molecule has 2 fully saturated rings. The Bertz CT molecular complexity index is 1370. The number of pyridine rings is 1. The van der Waals surface area contributed by atoms with E-state index in [0.29, 0.717) is 25.1 Å². The fourth-order valence-corrected chi connectivity index (χ4v) is 6.59. The van der Waals surface area contributed by atoms with Gasteiger partial charge in [0.05, 0.1) is 12.7 Å². The van der Waals surface area contributed by atoms with Gasteiger partial charge in [-0.25, -0.2) is 9.78 Å². The van der Waals surface area contributed by atoms with E-state index in [1.165, 1.54) is 7.11 Å². The van der Waals surface area contributed by atoms with Crippen LogP contribution in [-0.2, 0) is 15.1 Å². The molecule has 0 radical (unpaired) electrons. The first-order valence-electron chi connectivity index (χ1n) is 14.4. The van der Waals surface area contributed by atoms with Crippen molar-refractivity contribution in [2.75, 3.05) is 19.5 Å². The molecule has 0 saturated heterocycles. The molecular weight excluding hydrogens is 516 g/mol. The van der Waals surface area contributed by atoms with Crippen molar-refractivity contribution >= 4 is 17.8 Å². The molecule has 216 valence electrons. The van der Waals surface area contributed by atoms with E-state index < -0.39 is 11.1 Å². The molecule has 2 aliphatic carbocycles. The van der Waals surface area contributed by atoms with Gasteiger partial charge in [0, 0.05) is 36.8 Å². The average molecular weight is 557 g/mol. The topological polar surface area (TPSA) is 118 Å². The molecule has 1 aromatic heterocycles. The normalized spacial score (nSPS) is 25.6. The van der Waals surface area contributed by atoms with Gasteiger partial charge in [0.25, 0.3) is 0 Å². The molecule has 8 nitrogen and oxygen atoms in total. The van der Waals surface area contributed by atoms with Crippen LogP contribution in [0.5, 0.6) is 0 Å². The molecule has 2 saturated carbocycles. The lowest BCUT2D eigenvalue weighted by Crippen LogP contribution is -2.58. The van der Waals surface area contributed by atoms with Gasteiger partial charge in [-0.05, 0) is 79.7 Å². The third kappa shape index (κ3) is 6.44.